The minimum absolute atomic E-state index is 0.0196. The molecule has 2 N–H and O–H groups in total. The number of carbonyl (C=O) groups excluding carboxylic acids is 1. The maximum absolute atomic E-state index is 13.0. The van der Waals surface area contributed by atoms with Crippen molar-refractivity contribution in [2.45, 2.75) is 6.92 Å². The Morgan fingerprint density at radius 1 is 1.25 bits per heavy atom. The Kier molecular flexibility index (Phi) is 3.74. The Hall–Kier alpha value is -2.76. The molecule has 1 aromatic carbocycles. The lowest BCUT2D eigenvalue weighted by Crippen LogP contribution is -2.15. The average molecular weight is 274 g/mol. The molecule has 1 amide bonds. The number of aryl methyl sites for hydroxylation is 1. The number of aromatic carboxylic acids is 1. The Bertz CT molecular complexity index is 686. The fourth-order valence-electron chi connectivity index (χ4n) is 1.70. The van der Waals surface area contributed by atoms with Crippen LogP contribution in [-0.2, 0) is 0 Å². The van der Waals surface area contributed by atoms with Crippen molar-refractivity contribution in [1.29, 1.82) is 0 Å². The Morgan fingerprint density at radius 2 is 2.00 bits per heavy atom. The zero-order valence-electron chi connectivity index (χ0n) is 10.6. The Balaban J connectivity index is 2.23. The van der Waals surface area contributed by atoms with Crippen molar-refractivity contribution in [3.05, 3.63) is 59.0 Å². The number of aromatic nitrogens is 1. The van der Waals surface area contributed by atoms with Crippen molar-refractivity contribution < 1.29 is 19.1 Å². The molecule has 0 spiro atoms. The van der Waals surface area contributed by atoms with Crippen LogP contribution in [0.15, 0.2) is 36.5 Å². The molecule has 0 aliphatic rings. The van der Waals surface area contributed by atoms with Crippen molar-refractivity contribution in [2.75, 3.05) is 5.32 Å². The van der Waals surface area contributed by atoms with Gasteiger partial charge in [0.2, 0.25) is 0 Å². The zero-order chi connectivity index (χ0) is 14.7. The molecule has 2 aromatic rings. The van der Waals surface area contributed by atoms with E-state index in [2.05, 4.69) is 10.3 Å². The highest BCUT2D eigenvalue weighted by molar-refractivity contribution is 6.05. The molecule has 0 radical (unpaired) electrons. The summed E-state index contributed by atoms with van der Waals surface area (Å²) in [5, 5.41) is 11.3. The fourth-order valence-corrected chi connectivity index (χ4v) is 1.70. The first-order valence-electron chi connectivity index (χ1n) is 5.74. The van der Waals surface area contributed by atoms with Crippen LogP contribution in [0, 0.1) is 12.7 Å². The molecule has 20 heavy (non-hydrogen) atoms. The maximum atomic E-state index is 13.0. The lowest BCUT2D eigenvalue weighted by Gasteiger charge is -2.07. The molecule has 0 saturated carbocycles. The van der Waals surface area contributed by atoms with Crippen LogP contribution in [0.1, 0.15) is 26.3 Å². The number of hydrogen-bond donors (Lipinski definition) is 2. The van der Waals surface area contributed by atoms with Gasteiger partial charge in [0.1, 0.15) is 11.6 Å². The maximum Gasteiger partial charge on any atom is 0.335 e. The van der Waals surface area contributed by atoms with E-state index in [9.17, 15) is 14.0 Å². The van der Waals surface area contributed by atoms with Crippen molar-refractivity contribution in [3.8, 4) is 0 Å². The molecule has 2 rings (SSSR count). The van der Waals surface area contributed by atoms with Crippen LogP contribution >= 0.6 is 0 Å². The molecule has 1 heterocycles. The van der Waals surface area contributed by atoms with E-state index >= 15 is 0 Å². The molecule has 1 aromatic heterocycles. The number of carbonyl (C=O) groups is 2. The average Bonchev–Trinajstić information content (AvgIpc) is 2.38. The summed E-state index contributed by atoms with van der Waals surface area (Å²) in [7, 11) is 0. The summed E-state index contributed by atoms with van der Waals surface area (Å²) in [4.78, 5) is 26.7. The summed E-state index contributed by atoms with van der Waals surface area (Å²) in [5.74, 6) is -1.89. The number of carboxylic acids is 1. The number of carboxylic acid groups (broad SMARTS) is 1. The van der Waals surface area contributed by atoms with E-state index in [1.807, 2.05) is 0 Å². The molecule has 0 fully saturated rings. The number of pyridine rings is 1. The number of nitrogens with one attached hydrogen (secondary N) is 1. The van der Waals surface area contributed by atoms with Gasteiger partial charge in [0.05, 0.1) is 5.56 Å². The third-order valence-corrected chi connectivity index (χ3v) is 2.68. The van der Waals surface area contributed by atoms with Crippen LogP contribution in [0.4, 0.5) is 10.2 Å². The lowest BCUT2D eigenvalue weighted by molar-refractivity contribution is 0.0696. The second-order valence-corrected chi connectivity index (χ2v) is 4.15. The van der Waals surface area contributed by atoms with Gasteiger partial charge in [-0.1, -0.05) is 0 Å². The van der Waals surface area contributed by atoms with E-state index in [1.165, 1.54) is 36.5 Å². The normalized spacial score (nSPS) is 10.1. The van der Waals surface area contributed by atoms with Crippen molar-refractivity contribution >= 4 is 17.7 Å². The van der Waals surface area contributed by atoms with E-state index in [4.69, 9.17) is 5.11 Å². The number of rotatable bonds is 3. The van der Waals surface area contributed by atoms with Crippen LogP contribution in [0.25, 0.3) is 0 Å². The molecule has 0 aliphatic carbocycles. The lowest BCUT2D eigenvalue weighted by atomic mass is 10.1. The topological polar surface area (TPSA) is 79.3 Å². The number of benzene rings is 1. The summed E-state index contributed by atoms with van der Waals surface area (Å²) in [6, 6.07) is 6.36. The number of halogens is 1. The van der Waals surface area contributed by atoms with Gasteiger partial charge in [0.15, 0.2) is 0 Å². The van der Waals surface area contributed by atoms with E-state index in [0.717, 1.165) is 0 Å². The van der Waals surface area contributed by atoms with Gasteiger partial charge in [-0.3, -0.25) is 4.79 Å². The van der Waals surface area contributed by atoms with Crippen LogP contribution < -0.4 is 5.32 Å². The van der Waals surface area contributed by atoms with Crippen molar-refractivity contribution in [1.82, 2.24) is 4.98 Å². The standard InChI is InChI=1S/C14H11FN2O3/c1-8-6-10(15)2-3-11(8)13(18)17-12-7-9(14(19)20)4-5-16-12/h2-7H,1H3,(H,19,20)(H,16,17,18). The summed E-state index contributed by atoms with van der Waals surface area (Å²) >= 11 is 0. The van der Waals surface area contributed by atoms with Gasteiger partial charge in [-0.2, -0.15) is 0 Å². The monoisotopic (exact) mass is 274 g/mol. The molecular weight excluding hydrogens is 263 g/mol. The van der Waals surface area contributed by atoms with Gasteiger partial charge in [-0.15, -0.1) is 0 Å². The molecule has 5 nitrogen and oxygen atoms in total. The number of nitrogens with zero attached hydrogens (tertiary/aromatic N) is 1. The van der Waals surface area contributed by atoms with Crippen LogP contribution in [-0.4, -0.2) is 22.0 Å². The number of anilines is 1. The second-order valence-electron chi connectivity index (χ2n) is 4.15. The predicted octanol–water partition coefficient (Wildman–Crippen LogP) is 2.48. The second kappa shape index (κ2) is 5.48. The smallest absolute Gasteiger partial charge is 0.335 e. The quantitative estimate of drug-likeness (QED) is 0.901. The minimum Gasteiger partial charge on any atom is -0.478 e. The van der Waals surface area contributed by atoms with Crippen LogP contribution in [0.2, 0.25) is 0 Å². The zero-order valence-corrected chi connectivity index (χ0v) is 10.6. The third kappa shape index (κ3) is 2.97. The van der Waals surface area contributed by atoms with E-state index in [1.54, 1.807) is 6.92 Å². The summed E-state index contributed by atoms with van der Waals surface area (Å²) in [6.45, 7) is 1.61. The molecule has 0 aliphatic heterocycles. The van der Waals surface area contributed by atoms with Gasteiger partial charge in [0, 0.05) is 11.8 Å². The first-order chi connectivity index (χ1) is 9.47. The van der Waals surface area contributed by atoms with Gasteiger partial charge < -0.3 is 10.4 Å². The molecule has 6 heteroatoms. The predicted molar refractivity (Wildman–Crippen MR) is 70.3 cm³/mol. The van der Waals surface area contributed by atoms with E-state index in [0.29, 0.717) is 11.1 Å². The highest BCUT2D eigenvalue weighted by Gasteiger charge is 2.11. The molecule has 0 saturated heterocycles. The summed E-state index contributed by atoms with van der Waals surface area (Å²) < 4.78 is 13.0. The molecular formula is C14H11FN2O3. The molecule has 0 unspecified atom stereocenters. The molecule has 0 bridgehead atoms. The van der Waals surface area contributed by atoms with Gasteiger partial charge in [-0.25, -0.2) is 14.2 Å². The molecule has 102 valence electrons. The highest BCUT2D eigenvalue weighted by Crippen LogP contribution is 2.13. The number of hydrogen-bond acceptors (Lipinski definition) is 3. The van der Waals surface area contributed by atoms with Gasteiger partial charge in [0.25, 0.3) is 5.91 Å². The fraction of sp³-hybridized carbons (Fsp3) is 0.0714. The highest BCUT2D eigenvalue weighted by atomic mass is 19.1. The van der Waals surface area contributed by atoms with E-state index in [-0.39, 0.29) is 11.4 Å². The Morgan fingerprint density at radius 3 is 2.65 bits per heavy atom. The Labute approximate surface area is 114 Å². The first-order valence-corrected chi connectivity index (χ1v) is 5.74. The van der Waals surface area contributed by atoms with Crippen molar-refractivity contribution in [2.24, 2.45) is 0 Å². The van der Waals surface area contributed by atoms with Crippen LogP contribution in [0.3, 0.4) is 0 Å². The molecule has 0 atom stereocenters. The summed E-state index contributed by atoms with van der Waals surface area (Å²) in [6.07, 6.45) is 1.29. The van der Waals surface area contributed by atoms with Gasteiger partial charge in [-0.05, 0) is 42.8 Å². The van der Waals surface area contributed by atoms with Crippen molar-refractivity contribution in [3.63, 3.8) is 0 Å². The van der Waals surface area contributed by atoms with Gasteiger partial charge >= 0.3 is 5.97 Å². The van der Waals surface area contributed by atoms with E-state index < -0.39 is 17.7 Å². The van der Waals surface area contributed by atoms with Crippen LogP contribution in [0.5, 0.6) is 0 Å². The first kappa shape index (κ1) is 13.7. The largest absolute Gasteiger partial charge is 0.478 e. The number of amides is 1. The SMILES string of the molecule is Cc1cc(F)ccc1C(=O)Nc1cc(C(=O)O)ccn1. The minimum atomic E-state index is -1.11. The summed E-state index contributed by atoms with van der Waals surface area (Å²) in [5.41, 5.74) is 0.803. The third-order valence-electron chi connectivity index (χ3n) is 2.68.